The number of amides is 1. The van der Waals surface area contributed by atoms with Crippen LogP contribution in [-0.4, -0.2) is 20.2 Å². The van der Waals surface area contributed by atoms with E-state index in [1.165, 1.54) is 6.07 Å². The van der Waals surface area contributed by atoms with Gasteiger partial charge in [-0.15, -0.1) is 4.40 Å². The molecule has 0 spiro atoms. The third-order valence-corrected chi connectivity index (χ3v) is 5.29. The first-order valence-electron chi connectivity index (χ1n) is 7.55. The fraction of sp³-hybridized carbons (Fsp3) is 0. The van der Waals surface area contributed by atoms with Gasteiger partial charge >= 0.3 is 0 Å². The molecule has 1 amide bonds. The van der Waals surface area contributed by atoms with Crippen LogP contribution in [0.5, 0.6) is 0 Å². The van der Waals surface area contributed by atoms with E-state index in [0.717, 1.165) is 10.8 Å². The van der Waals surface area contributed by atoms with Crippen molar-refractivity contribution in [3.05, 3.63) is 77.9 Å². The van der Waals surface area contributed by atoms with Crippen molar-refractivity contribution in [1.29, 1.82) is 0 Å². The molecule has 0 unspecified atom stereocenters. The normalized spacial score (nSPS) is 14.6. The lowest BCUT2D eigenvalue weighted by molar-refractivity contribution is 0.0945. The second-order valence-electron chi connectivity index (χ2n) is 5.52. The zero-order valence-corrected chi connectivity index (χ0v) is 13.7. The van der Waals surface area contributed by atoms with Crippen molar-refractivity contribution in [2.45, 2.75) is 4.90 Å². The first-order valence-corrected chi connectivity index (χ1v) is 8.99. The summed E-state index contributed by atoms with van der Waals surface area (Å²) in [7, 11) is -3.73. The maximum Gasteiger partial charge on any atom is 0.285 e. The van der Waals surface area contributed by atoms with Gasteiger partial charge in [-0.2, -0.15) is 8.42 Å². The summed E-state index contributed by atoms with van der Waals surface area (Å²) in [4.78, 5) is 12.6. The summed E-state index contributed by atoms with van der Waals surface area (Å²) in [6.07, 6.45) is 0. The van der Waals surface area contributed by atoms with Gasteiger partial charge in [-0.05, 0) is 29.0 Å². The number of amidine groups is 1. The van der Waals surface area contributed by atoms with Gasteiger partial charge < -0.3 is 0 Å². The van der Waals surface area contributed by atoms with E-state index in [0.29, 0.717) is 11.1 Å². The molecule has 6 nitrogen and oxygen atoms in total. The molecule has 25 heavy (non-hydrogen) atoms. The van der Waals surface area contributed by atoms with Crippen LogP contribution in [0, 0.1) is 0 Å². The standard InChI is InChI=1S/C18H13N3O3S/c22-18(14-10-5-7-12-6-1-2-8-13(12)14)20-19-17-15-9-3-4-11-16(15)25(23,24)21-17/h1-11H,(H,19,21)(H,20,22). The van der Waals surface area contributed by atoms with E-state index in [4.69, 9.17) is 0 Å². The van der Waals surface area contributed by atoms with Crippen molar-refractivity contribution in [1.82, 2.24) is 10.9 Å². The van der Waals surface area contributed by atoms with Crippen LogP contribution < -0.4 is 10.9 Å². The molecule has 124 valence electrons. The fourth-order valence-electron chi connectivity index (χ4n) is 2.80. The van der Waals surface area contributed by atoms with Crippen molar-refractivity contribution < 1.29 is 13.2 Å². The first-order chi connectivity index (χ1) is 12.1. The van der Waals surface area contributed by atoms with Gasteiger partial charge in [-0.25, -0.2) is 0 Å². The molecule has 1 heterocycles. The molecule has 0 aliphatic carbocycles. The Morgan fingerprint density at radius 3 is 2.48 bits per heavy atom. The summed E-state index contributed by atoms with van der Waals surface area (Å²) in [6, 6.07) is 19.4. The molecule has 0 aromatic heterocycles. The third kappa shape index (κ3) is 2.64. The van der Waals surface area contributed by atoms with E-state index in [9.17, 15) is 13.2 Å². The molecule has 2 N–H and O–H groups in total. The molecule has 3 aromatic rings. The number of nitrogens with zero attached hydrogens (tertiary/aromatic N) is 1. The highest BCUT2D eigenvalue weighted by molar-refractivity contribution is 7.90. The Bertz CT molecular complexity index is 1130. The fourth-order valence-corrected chi connectivity index (χ4v) is 3.98. The van der Waals surface area contributed by atoms with E-state index < -0.39 is 10.0 Å². The van der Waals surface area contributed by atoms with Crippen LogP contribution in [0.25, 0.3) is 10.8 Å². The van der Waals surface area contributed by atoms with Crippen molar-refractivity contribution in [2.24, 2.45) is 4.40 Å². The third-order valence-electron chi connectivity index (χ3n) is 3.96. The van der Waals surface area contributed by atoms with Crippen LogP contribution in [0.4, 0.5) is 0 Å². The molecule has 1 aliphatic rings. The van der Waals surface area contributed by atoms with Gasteiger partial charge in [0.2, 0.25) is 0 Å². The number of nitrogens with one attached hydrogen (secondary N) is 2. The Morgan fingerprint density at radius 1 is 0.880 bits per heavy atom. The van der Waals surface area contributed by atoms with E-state index in [-0.39, 0.29) is 16.6 Å². The lowest BCUT2D eigenvalue weighted by Gasteiger charge is -2.10. The van der Waals surface area contributed by atoms with E-state index in [2.05, 4.69) is 15.2 Å². The molecular formula is C18H13N3O3S. The zero-order valence-electron chi connectivity index (χ0n) is 12.9. The molecule has 3 aromatic carbocycles. The maximum absolute atomic E-state index is 12.5. The van der Waals surface area contributed by atoms with Gasteiger partial charge in [-0.3, -0.25) is 15.6 Å². The molecule has 0 bridgehead atoms. The Kier molecular flexibility index (Phi) is 3.51. The minimum absolute atomic E-state index is 0.101. The average molecular weight is 351 g/mol. The smallest absolute Gasteiger partial charge is 0.280 e. The second kappa shape index (κ2) is 5.71. The Labute approximate surface area is 144 Å². The molecule has 7 heteroatoms. The molecule has 0 fully saturated rings. The van der Waals surface area contributed by atoms with Crippen molar-refractivity contribution in [3.63, 3.8) is 0 Å². The Hall–Kier alpha value is -3.19. The summed E-state index contributed by atoms with van der Waals surface area (Å²) in [5, 5.41) is 1.76. The van der Waals surface area contributed by atoms with E-state index in [1.807, 2.05) is 30.3 Å². The molecule has 4 rings (SSSR count). The summed E-state index contributed by atoms with van der Waals surface area (Å²) >= 11 is 0. The summed E-state index contributed by atoms with van der Waals surface area (Å²) in [5.41, 5.74) is 6.07. The quantitative estimate of drug-likeness (QED) is 0.658. The second-order valence-corrected chi connectivity index (χ2v) is 7.09. The number of fused-ring (bicyclic) bond motifs is 2. The summed E-state index contributed by atoms with van der Waals surface area (Å²) in [6.45, 7) is 0. The maximum atomic E-state index is 12.5. The number of hydrazine groups is 1. The molecule has 1 aliphatic heterocycles. The monoisotopic (exact) mass is 351 g/mol. The van der Waals surface area contributed by atoms with Crippen molar-refractivity contribution in [3.8, 4) is 0 Å². The number of carbonyl (C=O) groups excluding carboxylic acids is 1. The van der Waals surface area contributed by atoms with Crippen LogP contribution in [0.1, 0.15) is 15.9 Å². The number of sulfonamides is 1. The summed E-state index contributed by atoms with van der Waals surface area (Å²) in [5.74, 6) is -0.273. The number of hydrogen-bond acceptors (Lipinski definition) is 4. The van der Waals surface area contributed by atoms with Crippen molar-refractivity contribution in [2.75, 3.05) is 0 Å². The highest BCUT2D eigenvalue weighted by Gasteiger charge is 2.28. The minimum Gasteiger partial charge on any atom is -0.280 e. The van der Waals surface area contributed by atoms with Gasteiger partial charge in [0.15, 0.2) is 5.84 Å². The van der Waals surface area contributed by atoms with E-state index >= 15 is 0 Å². The predicted octanol–water partition coefficient (Wildman–Crippen LogP) is 2.22. The number of carbonyl (C=O) groups is 1. The number of benzene rings is 3. The first kappa shape index (κ1) is 15.3. The molecule has 0 saturated carbocycles. The zero-order chi connectivity index (χ0) is 17.4. The number of hydrogen-bond donors (Lipinski definition) is 2. The van der Waals surface area contributed by atoms with Gasteiger partial charge in [0, 0.05) is 11.1 Å². The predicted molar refractivity (Wildman–Crippen MR) is 94.7 cm³/mol. The van der Waals surface area contributed by atoms with E-state index in [1.54, 1.807) is 30.3 Å². The Balaban J connectivity index is 1.61. The Morgan fingerprint density at radius 2 is 1.60 bits per heavy atom. The highest BCUT2D eigenvalue weighted by atomic mass is 32.2. The van der Waals surface area contributed by atoms with Crippen LogP contribution in [0.15, 0.2) is 76.0 Å². The van der Waals surface area contributed by atoms with Gasteiger partial charge in [0.05, 0.1) is 0 Å². The lowest BCUT2D eigenvalue weighted by atomic mass is 10.0. The molecule has 0 radical (unpaired) electrons. The van der Waals surface area contributed by atoms with Crippen LogP contribution in [-0.2, 0) is 10.0 Å². The average Bonchev–Trinajstić information content (AvgIpc) is 2.90. The SMILES string of the molecule is O=C(NNC1=NS(=O)(=O)c2ccccc21)c1cccc2ccccc12. The van der Waals surface area contributed by atoms with Crippen molar-refractivity contribution >= 4 is 32.5 Å². The van der Waals surface area contributed by atoms with Crippen LogP contribution in [0.2, 0.25) is 0 Å². The lowest BCUT2D eigenvalue weighted by Crippen LogP contribution is -2.41. The highest BCUT2D eigenvalue weighted by Crippen LogP contribution is 2.24. The minimum atomic E-state index is -3.73. The van der Waals surface area contributed by atoms with Gasteiger partial charge in [0.25, 0.3) is 15.9 Å². The van der Waals surface area contributed by atoms with Crippen LogP contribution in [0.3, 0.4) is 0 Å². The van der Waals surface area contributed by atoms with Gasteiger partial charge in [0.1, 0.15) is 4.90 Å². The largest absolute Gasteiger partial charge is 0.285 e. The molecule has 0 atom stereocenters. The van der Waals surface area contributed by atoms with Crippen LogP contribution >= 0.6 is 0 Å². The molecule has 0 saturated heterocycles. The van der Waals surface area contributed by atoms with Gasteiger partial charge in [-0.1, -0.05) is 48.5 Å². The molecular weight excluding hydrogens is 338 g/mol. The number of rotatable bonds is 1. The topological polar surface area (TPSA) is 87.6 Å². The summed E-state index contributed by atoms with van der Waals surface area (Å²) < 4.78 is 27.7.